The fraction of sp³-hybridized carbons (Fsp3) is 0.310. The van der Waals surface area contributed by atoms with Crippen molar-refractivity contribution in [1.82, 2.24) is 10.3 Å². The number of nitrogens with one attached hydrogen (secondary N) is 2. The minimum atomic E-state index is 0.0608. The molecule has 1 aliphatic heterocycles. The third kappa shape index (κ3) is 4.23. The molecule has 2 N–H and O–H groups in total. The SMILES string of the molecule is CCOc1cc([C@H]2NC[C@@H](c3ccccc3)c3c2[nH]c2ccccc32)ccc1OCC(C)C. The average molecular weight is 441 g/mol. The highest BCUT2D eigenvalue weighted by Gasteiger charge is 2.32. The van der Waals surface area contributed by atoms with E-state index < -0.39 is 0 Å². The van der Waals surface area contributed by atoms with Gasteiger partial charge < -0.3 is 19.8 Å². The molecule has 4 aromatic rings. The van der Waals surface area contributed by atoms with Gasteiger partial charge >= 0.3 is 0 Å². The van der Waals surface area contributed by atoms with Crippen LogP contribution in [0.1, 0.15) is 55.1 Å². The van der Waals surface area contributed by atoms with Crippen molar-refractivity contribution in [2.24, 2.45) is 5.92 Å². The van der Waals surface area contributed by atoms with Gasteiger partial charge in [0.05, 0.1) is 19.3 Å². The number of aromatic amines is 1. The Labute approximate surface area is 195 Å². The van der Waals surface area contributed by atoms with Crippen LogP contribution in [0.2, 0.25) is 0 Å². The van der Waals surface area contributed by atoms with E-state index in [0.717, 1.165) is 18.0 Å². The standard InChI is InChI=1S/C29H32N2O2/c1-4-32-26-16-21(14-15-25(26)33-18-19(2)3)28-29-27(22-12-8-9-13-24(22)31-29)23(17-30-28)20-10-6-5-7-11-20/h5-16,19,23,28,30-31H,4,17-18H2,1-3H3/t23-,28+/m0/s1. The summed E-state index contributed by atoms with van der Waals surface area (Å²) < 4.78 is 12.0. The van der Waals surface area contributed by atoms with Gasteiger partial charge in [-0.1, -0.05) is 68.4 Å². The molecular weight excluding hydrogens is 408 g/mol. The smallest absolute Gasteiger partial charge is 0.161 e. The Bertz CT molecular complexity index is 1230. The molecule has 0 saturated heterocycles. The lowest BCUT2D eigenvalue weighted by atomic mass is 9.83. The van der Waals surface area contributed by atoms with Gasteiger partial charge in [0.25, 0.3) is 0 Å². The first-order chi connectivity index (χ1) is 16.2. The van der Waals surface area contributed by atoms with Crippen LogP contribution in [0.5, 0.6) is 11.5 Å². The van der Waals surface area contributed by atoms with Crippen molar-refractivity contribution >= 4 is 10.9 Å². The second kappa shape index (κ2) is 9.32. The topological polar surface area (TPSA) is 46.3 Å². The molecule has 1 aromatic heterocycles. The predicted molar refractivity (Wildman–Crippen MR) is 134 cm³/mol. The molecule has 170 valence electrons. The first kappa shape index (κ1) is 21.6. The van der Waals surface area contributed by atoms with Gasteiger partial charge in [0.15, 0.2) is 11.5 Å². The van der Waals surface area contributed by atoms with E-state index in [1.54, 1.807) is 0 Å². The van der Waals surface area contributed by atoms with Crippen LogP contribution in [-0.2, 0) is 0 Å². The maximum Gasteiger partial charge on any atom is 0.161 e. The van der Waals surface area contributed by atoms with E-state index in [4.69, 9.17) is 9.47 Å². The molecule has 4 nitrogen and oxygen atoms in total. The summed E-state index contributed by atoms with van der Waals surface area (Å²) >= 11 is 0. The quantitative estimate of drug-likeness (QED) is 0.348. The van der Waals surface area contributed by atoms with Crippen molar-refractivity contribution in [2.75, 3.05) is 19.8 Å². The largest absolute Gasteiger partial charge is 0.490 e. The van der Waals surface area contributed by atoms with Gasteiger partial charge in [0.2, 0.25) is 0 Å². The molecule has 0 amide bonds. The van der Waals surface area contributed by atoms with Gasteiger partial charge in [-0.15, -0.1) is 0 Å². The third-order valence-electron chi connectivity index (χ3n) is 6.32. The maximum atomic E-state index is 6.03. The van der Waals surface area contributed by atoms with Crippen molar-refractivity contribution in [1.29, 1.82) is 0 Å². The minimum Gasteiger partial charge on any atom is -0.490 e. The summed E-state index contributed by atoms with van der Waals surface area (Å²) in [5.74, 6) is 2.38. The molecule has 0 unspecified atom stereocenters. The lowest BCUT2D eigenvalue weighted by molar-refractivity contribution is 0.248. The molecular formula is C29H32N2O2. The highest BCUT2D eigenvalue weighted by atomic mass is 16.5. The van der Waals surface area contributed by atoms with Crippen LogP contribution in [0.15, 0.2) is 72.8 Å². The number of ether oxygens (including phenoxy) is 2. The summed E-state index contributed by atoms with van der Waals surface area (Å²) in [6.45, 7) is 8.47. The normalized spacial score (nSPS) is 17.8. The number of benzene rings is 3. The molecule has 1 aliphatic rings. The van der Waals surface area contributed by atoms with Gasteiger partial charge in [0.1, 0.15) is 0 Å². The zero-order valence-electron chi connectivity index (χ0n) is 19.6. The Morgan fingerprint density at radius 1 is 0.879 bits per heavy atom. The van der Waals surface area contributed by atoms with Gasteiger partial charge in [-0.2, -0.15) is 0 Å². The van der Waals surface area contributed by atoms with Crippen LogP contribution < -0.4 is 14.8 Å². The summed E-state index contributed by atoms with van der Waals surface area (Å²) in [6.07, 6.45) is 0. The number of aromatic nitrogens is 1. The monoisotopic (exact) mass is 440 g/mol. The van der Waals surface area contributed by atoms with Crippen LogP contribution in [0.3, 0.4) is 0 Å². The summed E-state index contributed by atoms with van der Waals surface area (Å²) in [7, 11) is 0. The van der Waals surface area contributed by atoms with Crippen LogP contribution >= 0.6 is 0 Å². The van der Waals surface area contributed by atoms with E-state index in [2.05, 4.69) is 96.9 Å². The van der Waals surface area contributed by atoms with Gasteiger partial charge in [0, 0.05) is 29.1 Å². The van der Waals surface area contributed by atoms with E-state index in [1.165, 1.54) is 33.3 Å². The maximum absolute atomic E-state index is 6.03. The van der Waals surface area contributed by atoms with E-state index in [1.807, 2.05) is 6.92 Å². The van der Waals surface area contributed by atoms with Crippen molar-refractivity contribution < 1.29 is 9.47 Å². The molecule has 2 heterocycles. The van der Waals surface area contributed by atoms with Crippen molar-refractivity contribution in [3.05, 3.63) is 95.2 Å². The molecule has 4 heteroatoms. The zero-order chi connectivity index (χ0) is 22.8. The first-order valence-electron chi connectivity index (χ1n) is 11.9. The van der Waals surface area contributed by atoms with Crippen LogP contribution in [0, 0.1) is 5.92 Å². The number of hydrogen-bond donors (Lipinski definition) is 2. The second-order valence-corrected chi connectivity index (χ2v) is 9.15. The fourth-order valence-corrected chi connectivity index (χ4v) is 4.83. The lowest BCUT2D eigenvalue weighted by Gasteiger charge is -2.31. The van der Waals surface area contributed by atoms with Crippen LogP contribution in [-0.4, -0.2) is 24.7 Å². The zero-order valence-corrected chi connectivity index (χ0v) is 19.6. The van der Waals surface area contributed by atoms with Gasteiger partial charge in [-0.3, -0.25) is 0 Å². The first-order valence-corrected chi connectivity index (χ1v) is 11.9. The Hall–Kier alpha value is -3.24. The Morgan fingerprint density at radius 3 is 2.45 bits per heavy atom. The number of fused-ring (bicyclic) bond motifs is 3. The number of H-pyrrole nitrogens is 1. The summed E-state index contributed by atoms with van der Waals surface area (Å²) in [5.41, 5.74) is 6.31. The average Bonchev–Trinajstić information content (AvgIpc) is 3.23. The molecule has 0 spiro atoms. The summed E-state index contributed by atoms with van der Waals surface area (Å²) in [4.78, 5) is 3.74. The van der Waals surface area contributed by atoms with E-state index in [-0.39, 0.29) is 6.04 Å². The minimum absolute atomic E-state index is 0.0608. The number of para-hydroxylation sites is 1. The third-order valence-corrected chi connectivity index (χ3v) is 6.32. The molecule has 0 saturated carbocycles. The molecule has 0 bridgehead atoms. The molecule has 0 radical (unpaired) electrons. The Morgan fingerprint density at radius 2 is 1.67 bits per heavy atom. The van der Waals surface area contributed by atoms with E-state index in [9.17, 15) is 0 Å². The van der Waals surface area contributed by atoms with Crippen LogP contribution in [0.25, 0.3) is 10.9 Å². The number of rotatable bonds is 7. The molecule has 3 aromatic carbocycles. The van der Waals surface area contributed by atoms with Crippen molar-refractivity contribution in [3.8, 4) is 11.5 Å². The van der Waals surface area contributed by atoms with Crippen molar-refractivity contribution in [2.45, 2.75) is 32.7 Å². The fourth-order valence-electron chi connectivity index (χ4n) is 4.83. The molecule has 0 aliphatic carbocycles. The van der Waals surface area contributed by atoms with Crippen LogP contribution in [0.4, 0.5) is 0 Å². The Balaban J connectivity index is 1.58. The summed E-state index contributed by atoms with van der Waals surface area (Å²) in [5, 5.41) is 5.11. The molecule has 5 rings (SSSR count). The molecule has 2 atom stereocenters. The van der Waals surface area contributed by atoms with Gasteiger partial charge in [-0.05, 0) is 47.7 Å². The highest BCUT2D eigenvalue weighted by Crippen LogP contribution is 2.42. The van der Waals surface area contributed by atoms with E-state index in [0.29, 0.717) is 25.0 Å². The lowest BCUT2D eigenvalue weighted by Crippen LogP contribution is -2.34. The van der Waals surface area contributed by atoms with Crippen molar-refractivity contribution in [3.63, 3.8) is 0 Å². The Kier molecular flexibility index (Phi) is 6.10. The van der Waals surface area contributed by atoms with E-state index >= 15 is 0 Å². The highest BCUT2D eigenvalue weighted by molar-refractivity contribution is 5.86. The predicted octanol–water partition coefficient (Wildman–Crippen LogP) is 6.43. The second-order valence-electron chi connectivity index (χ2n) is 9.15. The number of hydrogen-bond acceptors (Lipinski definition) is 3. The summed E-state index contributed by atoms with van der Waals surface area (Å²) in [6, 6.07) is 25.8. The van der Waals surface area contributed by atoms with Gasteiger partial charge in [-0.25, -0.2) is 0 Å². The molecule has 33 heavy (non-hydrogen) atoms. The molecule has 0 fully saturated rings.